The summed E-state index contributed by atoms with van der Waals surface area (Å²) in [4.78, 5) is 34.3. The third-order valence-corrected chi connectivity index (χ3v) is 4.65. The number of carbonyl (C=O) groups excluding carboxylic acids is 2. The summed E-state index contributed by atoms with van der Waals surface area (Å²) in [5.74, 6) is 0.469. The van der Waals surface area contributed by atoms with Gasteiger partial charge in [-0.2, -0.15) is 0 Å². The molecule has 3 rings (SSSR count). The SMILES string of the molecule is O=C(Nc1ccc(Cl)cn1)N1CCN(C(=O)N2CCCCC2)CC1. The monoisotopic (exact) mass is 351 g/mol. The molecule has 1 N–H and O–H groups in total. The summed E-state index contributed by atoms with van der Waals surface area (Å²) in [5.41, 5.74) is 0. The van der Waals surface area contributed by atoms with Crippen LogP contribution in [0.2, 0.25) is 5.02 Å². The second kappa shape index (κ2) is 7.70. The van der Waals surface area contributed by atoms with Gasteiger partial charge in [0.05, 0.1) is 5.02 Å². The minimum absolute atomic E-state index is 0.106. The highest BCUT2D eigenvalue weighted by Crippen LogP contribution is 2.14. The molecule has 130 valence electrons. The zero-order valence-corrected chi connectivity index (χ0v) is 14.3. The van der Waals surface area contributed by atoms with Crippen LogP contribution in [-0.2, 0) is 0 Å². The number of carbonyl (C=O) groups is 2. The largest absolute Gasteiger partial charge is 0.325 e. The maximum Gasteiger partial charge on any atom is 0.323 e. The van der Waals surface area contributed by atoms with Crippen LogP contribution in [0.5, 0.6) is 0 Å². The van der Waals surface area contributed by atoms with E-state index >= 15 is 0 Å². The molecule has 2 aliphatic rings. The third kappa shape index (κ3) is 4.08. The number of anilines is 1. The number of nitrogens with zero attached hydrogens (tertiary/aromatic N) is 4. The third-order valence-electron chi connectivity index (χ3n) is 4.43. The van der Waals surface area contributed by atoms with E-state index in [1.807, 2.05) is 9.80 Å². The highest BCUT2D eigenvalue weighted by atomic mass is 35.5. The van der Waals surface area contributed by atoms with E-state index in [9.17, 15) is 9.59 Å². The van der Waals surface area contributed by atoms with Crippen molar-refractivity contribution in [2.24, 2.45) is 0 Å². The minimum atomic E-state index is -0.199. The van der Waals surface area contributed by atoms with Gasteiger partial charge < -0.3 is 14.7 Å². The number of hydrogen-bond acceptors (Lipinski definition) is 3. The molecule has 0 saturated carbocycles. The maximum absolute atomic E-state index is 12.5. The van der Waals surface area contributed by atoms with Crippen LogP contribution in [0.4, 0.5) is 15.4 Å². The number of rotatable bonds is 1. The lowest BCUT2D eigenvalue weighted by Crippen LogP contribution is -2.55. The molecule has 2 fully saturated rings. The zero-order valence-electron chi connectivity index (χ0n) is 13.6. The van der Waals surface area contributed by atoms with E-state index in [0.29, 0.717) is 37.0 Å². The Morgan fingerprint density at radius 1 is 0.917 bits per heavy atom. The molecular weight excluding hydrogens is 330 g/mol. The van der Waals surface area contributed by atoms with Gasteiger partial charge in [0, 0.05) is 45.5 Å². The Balaban J connectivity index is 1.48. The summed E-state index contributed by atoms with van der Waals surface area (Å²) in [6, 6.07) is 3.25. The van der Waals surface area contributed by atoms with Crippen molar-refractivity contribution >= 4 is 29.5 Å². The molecule has 0 unspecified atom stereocenters. The van der Waals surface area contributed by atoms with Crippen molar-refractivity contribution in [3.05, 3.63) is 23.4 Å². The molecular formula is C16H22ClN5O2. The fraction of sp³-hybridized carbons (Fsp3) is 0.562. The van der Waals surface area contributed by atoms with Gasteiger partial charge in [-0.3, -0.25) is 5.32 Å². The van der Waals surface area contributed by atoms with E-state index in [1.54, 1.807) is 17.0 Å². The first-order valence-electron chi connectivity index (χ1n) is 8.35. The molecule has 8 heteroatoms. The van der Waals surface area contributed by atoms with Crippen molar-refractivity contribution in [1.29, 1.82) is 0 Å². The van der Waals surface area contributed by atoms with Crippen molar-refractivity contribution in [1.82, 2.24) is 19.7 Å². The van der Waals surface area contributed by atoms with Gasteiger partial charge >= 0.3 is 12.1 Å². The van der Waals surface area contributed by atoms with Crippen molar-refractivity contribution in [3.63, 3.8) is 0 Å². The molecule has 1 aromatic rings. The lowest BCUT2D eigenvalue weighted by atomic mass is 10.1. The second-order valence-electron chi connectivity index (χ2n) is 6.10. The van der Waals surface area contributed by atoms with Gasteiger partial charge in [0.25, 0.3) is 0 Å². The number of likely N-dealkylation sites (tertiary alicyclic amines) is 1. The average Bonchev–Trinajstić information content (AvgIpc) is 2.64. The van der Waals surface area contributed by atoms with Crippen molar-refractivity contribution < 1.29 is 9.59 Å². The Morgan fingerprint density at radius 3 is 2.17 bits per heavy atom. The lowest BCUT2D eigenvalue weighted by molar-refractivity contribution is 0.116. The highest BCUT2D eigenvalue weighted by molar-refractivity contribution is 6.30. The number of halogens is 1. The quantitative estimate of drug-likeness (QED) is 0.845. The molecule has 4 amide bonds. The van der Waals surface area contributed by atoms with Crippen LogP contribution >= 0.6 is 11.6 Å². The van der Waals surface area contributed by atoms with E-state index in [2.05, 4.69) is 10.3 Å². The summed E-state index contributed by atoms with van der Waals surface area (Å²) in [6.45, 7) is 3.88. The average molecular weight is 352 g/mol. The number of piperazine rings is 1. The Bertz CT molecular complexity index is 581. The Morgan fingerprint density at radius 2 is 1.54 bits per heavy atom. The number of piperidine rings is 1. The molecule has 0 radical (unpaired) electrons. The van der Waals surface area contributed by atoms with E-state index in [4.69, 9.17) is 11.6 Å². The van der Waals surface area contributed by atoms with Crippen molar-refractivity contribution in [2.45, 2.75) is 19.3 Å². The van der Waals surface area contributed by atoms with Crippen LogP contribution in [0.15, 0.2) is 18.3 Å². The molecule has 7 nitrogen and oxygen atoms in total. The van der Waals surface area contributed by atoms with Crippen LogP contribution in [-0.4, -0.2) is 71.0 Å². The minimum Gasteiger partial charge on any atom is -0.325 e. The fourth-order valence-corrected chi connectivity index (χ4v) is 3.14. The van der Waals surface area contributed by atoms with Crippen molar-refractivity contribution in [2.75, 3.05) is 44.6 Å². The molecule has 24 heavy (non-hydrogen) atoms. The molecule has 0 atom stereocenters. The molecule has 0 aliphatic carbocycles. The van der Waals surface area contributed by atoms with E-state index in [-0.39, 0.29) is 12.1 Å². The van der Waals surface area contributed by atoms with E-state index in [1.165, 1.54) is 12.6 Å². The lowest BCUT2D eigenvalue weighted by Gasteiger charge is -2.38. The summed E-state index contributed by atoms with van der Waals surface area (Å²) < 4.78 is 0. The topological polar surface area (TPSA) is 68.8 Å². The van der Waals surface area contributed by atoms with Gasteiger partial charge in [0.1, 0.15) is 5.82 Å². The smallest absolute Gasteiger partial charge is 0.323 e. The zero-order chi connectivity index (χ0) is 16.9. The normalized spacial score (nSPS) is 18.5. The summed E-state index contributed by atoms with van der Waals surface area (Å²) in [6.07, 6.45) is 4.87. The van der Waals surface area contributed by atoms with Gasteiger partial charge in [-0.05, 0) is 31.4 Å². The predicted molar refractivity (Wildman–Crippen MR) is 92.2 cm³/mol. The summed E-state index contributed by atoms with van der Waals surface area (Å²) >= 11 is 5.78. The second-order valence-corrected chi connectivity index (χ2v) is 6.53. The predicted octanol–water partition coefficient (Wildman–Crippen LogP) is 2.49. The van der Waals surface area contributed by atoms with Gasteiger partial charge in [-0.1, -0.05) is 11.6 Å². The number of urea groups is 2. The first-order valence-corrected chi connectivity index (χ1v) is 8.72. The van der Waals surface area contributed by atoms with Crippen LogP contribution in [0.3, 0.4) is 0 Å². The van der Waals surface area contributed by atoms with Gasteiger partial charge in [0.2, 0.25) is 0 Å². The van der Waals surface area contributed by atoms with E-state index < -0.39 is 0 Å². The van der Waals surface area contributed by atoms with Crippen LogP contribution in [0.25, 0.3) is 0 Å². The summed E-state index contributed by atoms with van der Waals surface area (Å²) in [5, 5.41) is 3.28. The molecule has 3 heterocycles. The summed E-state index contributed by atoms with van der Waals surface area (Å²) in [7, 11) is 0. The number of amides is 4. The number of hydrogen-bond donors (Lipinski definition) is 1. The Labute approximate surface area is 146 Å². The maximum atomic E-state index is 12.5. The Kier molecular flexibility index (Phi) is 5.40. The van der Waals surface area contributed by atoms with Gasteiger partial charge in [-0.25, -0.2) is 14.6 Å². The van der Waals surface area contributed by atoms with Crippen LogP contribution in [0.1, 0.15) is 19.3 Å². The number of pyridine rings is 1. The molecule has 2 aliphatic heterocycles. The highest BCUT2D eigenvalue weighted by Gasteiger charge is 2.27. The molecule has 2 saturated heterocycles. The van der Waals surface area contributed by atoms with Crippen LogP contribution < -0.4 is 5.32 Å². The Hall–Kier alpha value is -2.02. The fourth-order valence-electron chi connectivity index (χ4n) is 3.02. The van der Waals surface area contributed by atoms with E-state index in [0.717, 1.165) is 25.9 Å². The first-order chi connectivity index (χ1) is 11.6. The molecule has 0 aromatic carbocycles. The molecule has 1 aromatic heterocycles. The number of nitrogens with one attached hydrogen (secondary N) is 1. The van der Waals surface area contributed by atoms with Crippen LogP contribution in [0, 0.1) is 0 Å². The standard InChI is InChI=1S/C16H22ClN5O2/c17-13-4-5-14(18-12-13)19-15(23)20-8-10-22(11-9-20)16(24)21-6-2-1-3-7-21/h4-5,12H,1-3,6-11H2,(H,18,19,23). The first kappa shape index (κ1) is 16.8. The molecule has 0 spiro atoms. The molecule has 0 bridgehead atoms. The number of aromatic nitrogens is 1. The van der Waals surface area contributed by atoms with Gasteiger partial charge in [-0.15, -0.1) is 0 Å². The van der Waals surface area contributed by atoms with Crippen molar-refractivity contribution in [3.8, 4) is 0 Å². The van der Waals surface area contributed by atoms with Gasteiger partial charge in [0.15, 0.2) is 0 Å².